The number of benzene rings is 2. The van der Waals surface area contributed by atoms with Gasteiger partial charge in [-0.3, -0.25) is 9.59 Å². The highest BCUT2D eigenvalue weighted by atomic mass is 19.1. The first-order valence-corrected chi connectivity index (χ1v) is 13.2. The van der Waals surface area contributed by atoms with Crippen LogP contribution in [0.2, 0.25) is 0 Å². The standard InChI is InChI=1S/C29H29FN4O5/c1-3-39-28(37)25-24-26(34(31-25)22-12-11-20(38-2)16-21(22)30)27(36)33(17-29(24)13-14-29)19-9-7-18(8-10-19)32-15-5-4-6-23(32)35/h7-12,16H,3-6,13-15,17H2,1-2H3. The Hall–Kier alpha value is -4.21. The Balaban J connectivity index is 1.44. The van der Waals surface area contributed by atoms with Crippen LogP contribution in [0.1, 0.15) is 65.6 Å². The minimum absolute atomic E-state index is 0.0348. The third-order valence-electron chi connectivity index (χ3n) is 7.83. The molecule has 6 rings (SSSR count). The van der Waals surface area contributed by atoms with E-state index in [0.717, 1.165) is 31.4 Å². The van der Waals surface area contributed by atoms with Gasteiger partial charge in [-0.1, -0.05) is 0 Å². The van der Waals surface area contributed by atoms with Gasteiger partial charge in [-0.2, -0.15) is 5.10 Å². The summed E-state index contributed by atoms with van der Waals surface area (Å²) < 4.78 is 26.9. The average molecular weight is 533 g/mol. The summed E-state index contributed by atoms with van der Waals surface area (Å²) >= 11 is 0. The topological polar surface area (TPSA) is 94.0 Å². The number of esters is 1. The zero-order chi connectivity index (χ0) is 27.3. The van der Waals surface area contributed by atoms with Crippen molar-refractivity contribution in [3.8, 4) is 11.4 Å². The number of hydrogen-bond acceptors (Lipinski definition) is 6. The van der Waals surface area contributed by atoms with Gasteiger partial charge in [-0.25, -0.2) is 13.9 Å². The summed E-state index contributed by atoms with van der Waals surface area (Å²) in [7, 11) is 1.44. The molecule has 0 unspecified atom stereocenters. The van der Waals surface area contributed by atoms with E-state index in [4.69, 9.17) is 9.47 Å². The number of hydrogen-bond donors (Lipinski definition) is 0. The Morgan fingerprint density at radius 2 is 1.77 bits per heavy atom. The Bertz CT molecular complexity index is 1480. The van der Waals surface area contributed by atoms with Crippen molar-refractivity contribution in [1.29, 1.82) is 0 Å². The van der Waals surface area contributed by atoms with Crippen LogP contribution in [-0.4, -0.2) is 54.4 Å². The maximum absolute atomic E-state index is 15.2. The maximum Gasteiger partial charge on any atom is 0.359 e. The van der Waals surface area contributed by atoms with Crippen molar-refractivity contribution in [3.63, 3.8) is 0 Å². The van der Waals surface area contributed by atoms with Crippen molar-refractivity contribution in [3.05, 3.63) is 65.2 Å². The first-order valence-electron chi connectivity index (χ1n) is 13.2. The number of rotatable bonds is 6. The minimum Gasteiger partial charge on any atom is -0.497 e. The summed E-state index contributed by atoms with van der Waals surface area (Å²) in [5, 5.41) is 4.46. The molecule has 1 saturated heterocycles. The third-order valence-corrected chi connectivity index (χ3v) is 7.83. The smallest absolute Gasteiger partial charge is 0.359 e. The summed E-state index contributed by atoms with van der Waals surface area (Å²) in [6.45, 7) is 2.89. The van der Waals surface area contributed by atoms with Gasteiger partial charge in [0, 0.05) is 47.9 Å². The predicted octanol–water partition coefficient (Wildman–Crippen LogP) is 4.41. The SMILES string of the molecule is CCOC(=O)c1nn(-c2ccc(OC)cc2F)c2c1C1(CC1)CN(c1ccc(N3CCCCC3=O)cc1)C2=O. The van der Waals surface area contributed by atoms with E-state index in [2.05, 4.69) is 5.10 Å². The number of ether oxygens (including phenoxy) is 2. The molecule has 1 spiro atoms. The van der Waals surface area contributed by atoms with Crippen molar-refractivity contribution in [2.24, 2.45) is 0 Å². The molecular formula is C29H29FN4O5. The molecule has 3 aliphatic rings. The van der Waals surface area contributed by atoms with Crippen molar-refractivity contribution in [2.75, 3.05) is 36.6 Å². The molecule has 0 atom stereocenters. The minimum atomic E-state index is -0.639. The van der Waals surface area contributed by atoms with Gasteiger partial charge in [0.1, 0.15) is 17.1 Å². The number of fused-ring (bicyclic) bond motifs is 2. The molecule has 1 saturated carbocycles. The Kier molecular flexibility index (Phi) is 6.12. The van der Waals surface area contributed by atoms with Crippen molar-refractivity contribution in [2.45, 2.75) is 44.4 Å². The largest absolute Gasteiger partial charge is 0.497 e. The van der Waals surface area contributed by atoms with Crippen molar-refractivity contribution >= 4 is 29.2 Å². The lowest BCUT2D eigenvalue weighted by Gasteiger charge is -2.34. The van der Waals surface area contributed by atoms with E-state index in [1.165, 1.54) is 23.9 Å². The molecule has 2 amide bonds. The summed E-state index contributed by atoms with van der Waals surface area (Å²) in [5.74, 6) is -1.24. The lowest BCUT2D eigenvalue weighted by Crippen LogP contribution is -2.44. The van der Waals surface area contributed by atoms with E-state index >= 15 is 4.39 Å². The number of amides is 2. The van der Waals surface area contributed by atoms with Gasteiger partial charge in [0.25, 0.3) is 5.91 Å². The molecule has 0 radical (unpaired) electrons. The van der Waals surface area contributed by atoms with Crippen LogP contribution in [0.25, 0.3) is 5.69 Å². The zero-order valence-electron chi connectivity index (χ0n) is 21.9. The maximum atomic E-state index is 15.2. The zero-order valence-corrected chi connectivity index (χ0v) is 21.9. The Morgan fingerprint density at radius 1 is 1.05 bits per heavy atom. The van der Waals surface area contributed by atoms with Crippen LogP contribution in [0.5, 0.6) is 5.75 Å². The highest BCUT2D eigenvalue weighted by molar-refractivity contribution is 6.10. The molecule has 39 heavy (non-hydrogen) atoms. The second kappa shape index (κ2) is 9.52. The van der Waals surface area contributed by atoms with Gasteiger partial charge in [0.05, 0.1) is 13.7 Å². The van der Waals surface area contributed by atoms with Crippen LogP contribution in [0, 0.1) is 5.82 Å². The molecular weight excluding hydrogens is 503 g/mol. The number of halogens is 1. The van der Waals surface area contributed by atoms with Gasteiger partial charge in [-0.15, -0.1) is 0 Å². The summed E-state index contributed by atoms with van der Waals surface area (Å²) in [4.78, 5) is 42.9. The molecule has 2 aliphatic heterocycles. The van der Waals surface area contributed by atoms with E-state index in [1.54, 1.807) is 22.8 Å². The molecule has 9 nitrogen and oxygen atoms in total. The van der Waals surface area contributed by atoms with Crippen LogP contribution in [0.4, 0.5) is 15.8 Å². The summed E-state index contributed by atoms with van der Waals surface area (Å²) in [6, 6.07) is 11.6. The Labute approximate surface area is 225 Å². The van der Waals surface area contributed by atoms with Gasteiger partial charge in [0.2, 0.25) is 5.91 Å². The molecule has 2 aromatic carbocycles. The van der Waals surface area contributed by atoms with E-state index in [9.17, 15) is 14.4 Å². The molecule has 3 heterocycles. The van der Waals surface area contributed by atoms with Crippen molar-refractivity contribution in [1.82, 2.24) is 9.78 Å². The van der Waals surface area contributed by atoms with Gasteiger partial charge >= 0.3 is 5.97 Å². The molecule has 0 N–H and O–H groups in total. The number of piperidine rings is 1. The van der Waals surface area contributed by atoms with Gasteiger partial charge in [0.15, 0.2) is 11.5 Å². The highest BCUT2D eigenvalue weighted by Crippen LogP contribution is 2.54. The predicted molar refractivity (Wildman–Crippen MR) is 141 cm³/mol. The van der Waals surface area contributed by atoms with E-state index in [-0.39, 0.29) is 35.5 Å². The second-order valence-electron chi connectivity index (χ2n) is 10.2. The highest BCUT2D eigenvalue weighted by Gasteiger charge is 2.56. The average Bonchev–Trinajstić information content (AvgIpc) is 3.60. The van der Waals surface area contributed by atoms with Crippen LogP contribution >= 0.6 is 0 Å². The molecule has 2 fully saturated rings. The number of aromatic nitrogens is 2. The van der Waals surface area contributed by atoms with E-state index in [1.807, 2.05) is 24.3 Å². The fourth-order valence-electron chi connectivity index (χ4n) is 5.66. The number of nitrogens with zero attached hydrogens (tertiary/aromatic N) is 4. The molecule has 10 heteroatoms. The normalized spacial score (nSPS) is 17.8. The van der Waals surface area contributed by atoms with Gasteiger partial charge in [-0.05, 0) is 69.0 Å². The van der Waals surface area contributed by atoms with Crippen LogP contribution in [0.3, 0.4) is 0 Å². The fraction of sp³-hybridized carbons (Fsp3) is 0.379. The van der Waals surface area contributed by atoms with Crippen LogP contribution in [-0.2, 0) is 14.9 Å². The number of methoxy groups -OCH3 is 1. The number of carbonyl (C=O) groups excluding carboxylic acids is 3. The number of carbonyl (C=O) groups is 3. The molecule has 202 valence electrons. The second-order valence-corrected chi connectivity index (χ2v) is 10.2. The molecule has 1 aromatic heterocycles. The molecule has 0 bridgehead atoms. The van der Waals surface area contributed by atoms with Crippen LogP contribution < -0.4 is 14.5 Å². The van der Waals surface area contributed by atoms with Crippen molar-refractivity contribution < 1.29 is 28.2 Å². The van der Waals surface area contributed by atoms with E-state index < -0.39 is 17.2 Å². The third kappa shape index (κ3) is 4.14. The lowest BCUT2D eigenvalue weighted by molar-refractivity contribution is -0.119. The first kappa shape index (κ1) is 25.1. The summed E-state index contributed by atoms with van der Waals surface area (Å²) in [6.07, 6.45) is 3.90. The Morgan fingerprint density at radius 3 is 2.38 bits per heavy atom. The summed E-state index contributed by atoms with van der Waals surface area (Å²) in [5.41, 5.74) is 1.73. The van der Waals surface area contributed by atoms with Crippen LogP contribution in [0.15, 0.2) is 42.5 Å². The quantitative estimate of drug-likeness (QED) is 0.437. The first-order chi connectivity index (χ1) is 18.9. The number of anilines is 2. The molecule has 3 aromatic rings. The molecule has 1 aliphatic carbocycles. The van der Waals surface area contributed by atoms with E-state index in [0.29, 0.717) is 36.5 Å². The fourth-order valence-corrected chi connectivity index (χ4v) is 5.66. The lowest BCUT2D eigenvalue weighted by atomic mass is 9.88. The van der Waals surface area contributed by atoms with Gasteiger partial charge < -0.3 is 19.3 Å². The monoisotopic (exact) mass is 532 g/mol.